The third-order valence-electron chi connectivity index (χ3n) is 3.95. The third-order valence-corrected chi connectivity index (χ3v) is 5.37. The van der Waals surface area contributed by atoms with Crippen molar-refractivity contribution in [3.63, 3.8) is 0 Å². The number of carbonyl (C=O) groups is 1. The Bertz CT molecular complexity index is 873. The second kappa shape index (κ2) is 8.54. The van der Waals surface area contributed by atoms with Gasteiger partial charge < -0.3 is 9.47 Å². The molecule has 2 rings (SSSR count). The Morgan fingerprint density at radius 1 is 1.07 bits per heavy atom. The first-order chi connectivity index (χ1) is 12.6. The number of methoxy groups -OCH3 is 1. The lowest BCUT2D eigenvalue weighted by molar-refractivity contribution is -0.149. The lowest BCUT2D eigenvalue weighted by Crippen LogP contribution is -2.49. The normalized spacial score (nSPS) is 13.0. The minimum absolute atomic E-state index is 0.0203. The zero-order valence-electron chi connectivity index (χ0n) is 15.9. The molecule has 2 aromatic rings. The third kappa shape index (κ3) is 5.80. The van der Waals surface area contributed by atoms with Crippen molar-refractivity contribution in [2.24, 2.45) is 5.41 Å². The smallest absolute Gasteiger partial charge is 0.325 e. The van der Waals surface area contributed by atoms with Crippen LogP contribution in [0.5, 0.6) is 5.75 Å². The van der Waals surface area contributed by atoms with Crippen molar-refractivity contribution in [2.75, 3.05) is 7.11 Å². The zero-order chi connectivity index (χ0) is 20.1. The van der Waals surface area contributed by atoms with Gasteiger partial charge in [-0.1, -0.05) is 57.2 Å². The molecule has 0 saturated carbocycles. The molecule has 0 radical (unpaired) electrons. The largest absolute Gasteiger partial charge is 0.497 e. The lowest BCUT2D eigenvalue weighted by Gasteiger charge is -2.29. The van der Waals surface area contributed by atoms with Gasteiger partial charge >= 0.3 is 5.97 Å². The summed E-state index contributed by atoms with van der Waals surface area (Å²) < 4.78 is 38.4. The first-order valence-electron chi connectivity index (χ1n) is 8.50. The number of esters is 1. The molecule has 0 aliphatic carbocycles. The fourth-order valence-corrected chi connectivity index (χ4v) is 3.81. The molecule has 0 aromatic heterocycles. The van der Waals surface area contributed by atoms with E-state index in [1.165, 1.54) is 19.2 Å². The van der Waals surface area contributed by atoms with Gasteiger partial charge in [0.1, 0.15) is 18.4 Å². The molecule has 0 spiro atoms. The molecule has 0 aliphatic rings. The number of hydrogen-bond acceptors (Lipinski definition) is 5. The Morgan fingerprint density at radius 2 is 1.74 bits per heavy atom. The molecule has 0 aliphatic heterocycles. The van der Waals surface area contributed by atoms with Crippen LogP contribution in [-0.2, 0) is 26.2 Å². The summed E-state index contributed by atoms with van der Waals surface area (Å²) >= 11 is 0. The van der Waals surface area contributed by atoms with Crippen LogP contribution in [-0.4, -0.2) is 27.5 Å². The van der Waals surface area contributed by atoms with Gasteiger partial charge in [0.15, 0.2) is 0 Å². The Balaban J connectivity index is 2.19. The SMILES string of the molecule is COc1cccc(S(=O)(=O)N[C@@H](C(=O)OCc2ccccc2)C(C)(C)C)c1. The minimum Gasteiger partial charge on any atom is -0.497 e. The van der Waals surface area contributed by atoms with Gasteiger partial charge in [-0.05, 0) is 23.1 Å². The predicted molar refractivity (Wildman–Crippen MR) is 103 cm³/mol. The Labute approximate surface area is 160 Å². The number of hydrogen-bond donors (Lipinski definition) is 1. The number of ether oxygens (including phenoxy) is 2. The molecule has 0 fully saturated rings. The van der Waals surface area contributed by atoms with Crippen LogP contribution in [0.2, 0.25) is 0 Å². The summed E-state index contributed by atoms with van der Waals surface area (Å²) in [4.78, 5) is 12.6. The average molecular weight is 391 g/mol. The van der Waals surface area contributed by atoms with E-state index >= 15 is 0 Å². The Kier molecular flexibility index (Phi) is 6.62. The monoisotopic (exact) mass is 391 g/mol. The minimum atomic E-state index is -3.93. The quantitative estimate of drug-likeness (QED) is 0.734. The van der Waals surface area contributed by atoms with Crippen LogP contribution in [0.25, 0.3) is 0 Å². The van der Waals surface area contributed by atoms with Crippen LogP contribution in [0.15, 0.2) is 59.5 Å². The molecule has 7 heteroatoms. The Hall–Kier alpha value is -2.38. The fraction of sp³-hybridized carbons (Fsp3) is 0.350. The highest BCUT2D eigenvalue weighted by atomic mass is 32.2. The molecular formula is C20H25NO5S. The number of rotatable bonds is 7. The van der Waals surface area contributed by atoms with Crippen molar-refractivity contribution in [2.45, 2.75) is 38.3 Å². The molecule has 0 heterocycles. The molecule has 27 heavy (non-hydrogen) atoms. The second-order valence-corrected chi connectivity index (χ2v) is 8.91. The zero-order valence-corrected chi connectivity index (χ0v) is 16.7. The van der Waals surface area contributed by atoms with Gasteiger partial charge in [0.05, 0.1) is 12.0 Å². The van der Waals surface area contributed by atoms with Crippen LogP contribution >= 0.6 is 0 Å². The van der Waals surface area contributed by atoms with Crippen molar-refractivity contribution in [3.8, 4) is 5.75 Å². The number of nitrogens with one attached hydrogen (secondary N) is 1. The van der Waals surface area contributed by atoms with E-state index in [0.717, 1.165) is 5.56 Å². The highest BCUT2D eigenvalue weighted by Gasteiger charge is 2.36. The summed E-state index contributed by atoms with van der Waals surface area (Å²) in [5.41, 5.74) is 0.147. The molecule has 0 saturated heterocycles. The summed E-state index contributed by atoms with van der Waals surface area (Å²) in [6.07, 6.45) is 0. The van der Waals surface area contributed by atoms with Gasteiger partial charge in [-0.2, -0.15) is 4.72 Å². The van der Waals surface area contributed by atoms with Gasteiger partial charge in [-0.3, -0.25) is 4.79 Å². The molecule has 1 atom stereocenters. The van der Waals surface area contributed by atoms with E-state index in [4.69, 9.17) is 9.47 Å². The maximum absolute atomic E-state index is 12.8. The molecule has 0 bridgehead atoms. The number of benzene rings is 2. The summed E-state index contributed by atoms with van der Waals surface area (Å²) in [5, 5.41) is 0. The first-order valence-corrected chi connectivity index (χ1v) is 9.99. The molecule has 0 unspecified atom stereocenters. The van der Waals surface area contributed by atoms with E-state index in [1.54, 1.807) is 32.9 Å². The molecule has 1 N–H and O–H groups in total. The van der Waals surface area contributed by atoms with E-state index in [9.17, 15) is 13.2 Å². The maximum atomic E-state index is 12.8. The van der Waals surface area contributed by atoms with Crippen LogP contribution in [0.4, 0.5) is 0 Å². The first kappa shape index (κ1) is 20.9. The van der Waals surface area contributed by atoms with Crippen molar-refractivity contribution < 1.29 is 22.7 Å². The average Bonchev–Trinajstić information content (AvgIpc) is 2.64. The van der Waals surface area contributed by atoms with E-state index in [-0.39, 0.29) is 11.5 Å². The van der Waals surface area contributed by atoms with Gasteiger partial charge in [0, 0.05) is 6.07 Å². The maximum Gasteiger partial charge on any atom is 0.325 e. The summed E-state index contributed by atoms with van der Waals surface area (Å²) in [5.74, 6) is -0.213. The van der Waals surface area contributed by atoms with Crippen molar-refractivity contribution in [1.82, 2.24) is 4.72 Å². The number of sulfonamides is 1. The fourth-order valence-electron chi connectivity index (χ4n) is 2.38. The van der Waals surface area contributed by atoms with Crippen LogP contribution < -0.4 is 9.46 Å². The van der Waals surface area contributed by atoms with E-state index in [1.807, 2.05) is 30.3 Å². The standard InChI is InChI=1S/C20H25NO5S/c1-20(2,3)18(19(22)26-14-15-9-6-5-7-10-15)21-27(23,24)17-12-8-11-16(13-17)25-4/h5-13,18,21H,14H2,1-4H3/t18-/m0/s1. The number of carbonyl (C=O) groups excluding carboxylic acids is 1. The van der Waals surface area contributed by atoms with Gasteiger partial charge in [-0.25, -0.2) is 8.42 Å². The highest BCUT2D eigenvalue weighted by Crippen LogP contribution is 2.24. The van der Waals surface area contributed by atoms with Crippen LogP contribution in [0.3, 0.4) is 0 Å². The van der Waals surface area contributed by atoms with Crippen molar-refractivity contribution >= 4 is 16.0 Å². The summed E-state index contributed by atoms with van der Waals surface area (Å²) in [7, 11) is -2.48. The molecule has 0 amide bonds. The molecular weight excluding hydrogens is 366 g/mol. The summed E-state index contributed by atoms with van der Waals surface area (Å²) in [6.45, 7) is 5.40. The Morgan fingerprint density at radius 3 is 2.33 bits per heavy atom. The van der Waals surface area contributed by atoms with Gasteiger partial charge in [0.25, 0.3) is 0 Å². The predicted octanol–water partition coefficient (Wildman–Crippen LogP) is 3.13. The molecule has 6 nitrogen and oxygen atoms in total. The van der Waals surface area contributed by atoms with Crippen molar-refractivity contribution in [1.29, 1.82) is 0 Å². The second-order valence-electron chi connectivity index (χ2n) is 7.19. The van der Waals surface area contributed by atoms with Crippen LogP contribution in [0, 0.1) is 5.41 Å². The lowest BCUT2D eigenvalue weighted by atomic mass is 9.87. The van der Waals surface area contributed by atoms with Crippen molar-refractivity contribution in [3.05, 3.63) is 60.2 Å². The highest BCUT2D eigenvalue weighted by molar-refractivity contribution is 7.89. The van der Waals surface area contributed by atoms with Crippen LogP contribution in [0.1, 0.15) is 26.3 Å². The van der Waals surface area contributed by atoms with Gasteiger partial charge in [-0.15, -0.1) is 0 Å². The van der Waals surface area contributed by atoms with E-state index < -0.39 is 27.4 Å². The summed E-state index contributed by atoms with van der Waals surface area (Å²) in [6, 6.07) is 14.2. The van der Waals surface area contributed by atoms with E-state index in [2.05, 4.69) is 4.72 Å². The molecule has 146 valence electrons. The van der Waals surface area contributed by atoms with Gasteiger partial charge in [0.2, 0.25) is 10.0 Å². The van der Waals surface area contributed by atoms with E-state index in [0.29, 0.717) is 5.75 Å². The topological polar surface area (TPSA) is 81.7 Å². The molecule has 2 aromatic carbocycles.